The number of nitrogens with one attached hydrogen (secondary N) is 2. The molecule has 46 heavy (non-hydrogen) atoms. The second-order valence-corrected chi connectivity index (χ2v) is 12.7. The van der Waals surface area contributed by atoms with Crippen LogP contribution in [0.15, 0.2) is 42.6 Å². The summed E-state index contributed by atoms with van der Waals surface area (Å²) in [6.07, 6.45) is 3.30. The van der Waals surface area contributed by atoms with Crippen LogP contribution in [0.4, 0.5) is 11.8 Å². The summed E-state index contributed by atoms with van der Waals surface area (Å²) in [5.41, 5.74) is 3.10. The van der Waals surface area contributed by atoms with Gasteiger partial charge in [-0.05, 0) is 57.5 Å². The second kappa shape index (κ2) is 13.9. The maximum absolute atomic E-state index is 13.6. The highest BCUT2D eigenvalue weighted by Gasteiger charge is 2.35. The average molecular weight is 649 g/mol. The number of hydrogen-bond donors (Lipinski definition) is 3. The minimum absolute atomic E-state index is 0.219. The lowest BCUT2D eigenvalue weighted by Crippen LogP contribution is -2.50. The predicted molar refractivity (Wildman–Crippen MR) is 176 cm³/mol. The largest absolute Gasteiger partial charge is 0.394 e. The topological polar surface area (TPSA) is 136 Å². The molecule has 0 saturated carbocycles. The normalized spacial score (nSPS) is 20.4. The summed E-state index contributed by atoms with van der Waals surface area (Å²) >= 11 is 6.51. The predicted octanol–water partition coefficient (Wildman–Crippen LogP) is 3.12. The second-order valence-electron chi connectivity index (χ2n) is 12.3. The molecule has 12 nitrogen and oxygen atoms in total. The van der Waals surface area contributed by atoms with Gasteiger partial charge in [0.2, 0.25) is 11.9 Å². The highest BCUT2D eigenvalue weighted by Crippen LogP contribution is 2.32. The number of amides is 2. The Hall–Kier alpha value is -3.84. The molecule has 1 unspecified atom stereocenters. The standard InChI is InChI=1S/C33H41ClN8O4/c1-20-17-41(12-11-40(20)3)29-6-4-5-27(37-29)28(19-43)38-31(44)21(2)42-18-23-8-7-22(15-25(23)32(42)45)30-26(34)16-35-33(39-30)36-24-9-13-46-14-10-24/h4-8,15-16,20-21,24,28,43H,9-14,17-19H2,1-3H3,(H,38,44)(H,35,36,39)/t20-,21+,28?/m0/s1. The Bertz CT molecular complexity index is 1580. The molecule has 2 amide bonds. The van der Waals surface area contributed by atoms with E-state index in [-0.39, 0.29) is 31.0 Å². The maximum Gasteiger partial charge on any atom is 0.255 e. The fraction of sp³-hybridized carbons (Fsp3) is 0.485. The van der Waals surface area contributed by atoms with Gasteiger partial charge in [-0.15, -0.1) is 0 Å². The molecule has 0 aliphatic carbocycles. The van der Waals surface area contributed by atoms with E-state index in [1.54, 1.807) is 25.3 Å². The molecule has 3 atom stereocenters. The fourth-order valence-electron chi connectivity index (χ4n) is 6.16. The third kappa shape index (κ3) is 6.80. The van der Waals surface area contributed by atoms with Crippen LogP contribution in [0.5, 0.6) is 0 Å². The van der Waals surface area contributed by atoms with E-state index in [0.29, 0.717) is 52.7 Å². The number of fused-ring (bicyclic) bond motifs is 1. The van der Waals surface area contributed by atoms with Gasteiger partial charge in [0.05, 0.1) is 35.3 Å². The van der Waals surface area contributed by atoms with E-state index >= 15 is 0 Å². The minimum Gasteiger partial charge on any atom is -0.394 e. The van der Waals surface area contributed by atoms with Crippen molar-refractivity contribution in [3.05, 3.63) is 64.4 Å². The van der Waals surface area contributed by atoms with Crippen LogP contribution < -0.4 is 15.5 Å². The molecule has 3 aliphatic rings. The van der Waals surface area contributed by atoms with Crippen LogP contribution in [0.3, 0.4) is 0 Å². The molecular formula is C33H41ClN8O4. The summed E-state index contributed by atoms with van der Waals surface area (Å²) in [4.78, 5) is 46.9. The number of benzene rings is 1. The van der Waals surface area contributed by atoms with Crippen molar-refractivity contribution in [1.82, 2.24) is 30.1 Å². The van der Waals surface area contributed by atoms with Crippen molar-refractivity contribution in [2.45, 2.75) is 57.4 Å². The molecule has 1 aromatic carbocycles. The van der Waals surface area contributed by atoms with Gasteiger partial charge in [-0.25, -0.2) is 15.0 Å². The average Bonchev–Trinajstić information content (AvgIpc) is 3.41. The van der Waals surface area contributed by atoms with Gasteiger partial charge in [-0.2, -0.15) is 0 Å². The van der Waals surface area contributed by atoms with Gasteiger partial charge < -0.3 is 35.2 Å². The number of carbonyl (C=O) groups is 2. The lowest BCUT2D eigenvalue weighted by Gasteiger charge is -2.38. The van der Waals surface area contributed by atoms with Crippen LogP contribution in [0.25, 0.3) is 11.3 Å². The smallest absolute Gasteiger partial charge is 0.255 e. The summed E-state index contributed by atoms with van der Waals surface area (Å²) in [5, 5.41) is 16.9. The third-order valence-electron chi connectivity index (χ3n) is 9.26. The zero-order chi connectivity index (χ0) is 32.4. The zero-order valence-electron chi connectivity index (χ0n) is 26.4. The van der Waals surface area contributed by atoms with Gasteiger partial charge in [0.1, 0.15) is 11.9 Å². The molecule has 244 valence electrons. The molecule has 2 aromatic heterocycles. The van der Waals surface area contributed by atoms with Gasteiger partial charge in [-0.1, -0.05) is 29.8 Å². The Morgan fingerprint density at radius 2 is 1.98 bits per heavy atom. The van der Waals surface area contributed by atoms with Crippen molar-refractivity contribution >= 4 is 35.2 Å². The zero-order valence-corrected chi connectivity index (χ0v) is 27.2. The van der Waals surface area contributed by atoms with E-state index in [1.165, 1.54) is 4.90 Å². The molecule has 0 bridgehead atoms. The first kappa shape index (κ1) is 32.1. The SMILES string of the molecule is C[C@H](C(=O)NC(CO)c1cccc(N2CCN(C)[C@@H](C)C2)n1)N1Cc2ccc(-c3nc(NC4CCOCC4)ncc3Cl)cc2C1=O. The number of nitrogens with zero attached hydrogens (tertiary/aromatic N) is 6. The van der Waals surface area contributed by atoms with Gasteiger partial charge >= 0.3 is 0 Å². The number of aliphatic hydroxyl groups is 1. The first-order chi connectivity index (χ1) is 22.2. The maximum atomic E-state index is 13.6. The molecule has 2 fully saturated rings. The molecule has 2 saturated heterocycles. The number of likely N-dealkylation sites (N-methyl/N-ethyl adjacent to an activating group) is 1. The summed E-state index contributed by atoms with van der Waals surface area (Å²) in [6, 6.07) is 10.3. The number of rotatable bonds is 9. The molecule has 0 radical (unpaired) electrons. The summed E-state index contributed by atoms with van der Waals surface area (Å²) < 4.78 is 5.44. The molecular weight excluding hydrogens is 608 g/mol. The number of pyridine rings is 1. The quantitative estimate of drug-likeness (QED) is 0.318. The van der Waals surface area contributed by atoms with Crippen molar-refractivity contribution in [2.75, 3.05) is 56.7 Å². The monoisotopic (exact) mass is 648 g/mol. The van der Waals surface area contributed by atoms with Crippen molar-refractivity contribution in [2.24, 2.45) is 0 Å². The lowest BCUT2D eigenvalue weighted by molar-refractivity contribution is -0.126. The Kier molecular flexibility index (Phi) is 9.69. The summed E-state index contributed by atoms with van der Waals surface area (Å²) in [5.74, 6) is 0.662. The Morgan fingerprint density at radius 1 is 1.17 bits per heavy atom. The molecule has 13 heteroatoms. The molecule has 0 spiro atoms. The van der Waals surface area contributed by atoms with Gasteiger partial charge in [0, 0.05) is 62.6 Å². The van der Waals surface area contributed by atoms with Crippen LogP contribution in [-0.2, 0) is 16.1 Å². The third-order valence-corrected chi connectivity index (χ3v) is 9.53. The fourth-order valence-corrected chi connectivity index (χ4v) is 6.36. The van der Waals surface area contributed by atoms with Crippen LogP contribution in [0.1, 0.15) is 54.3 Å². The highest BCUT2D eigenvalue weighted by atomic mass is 35.5. The van der Waals surface area contributed by atoms with E-state index in [4.69, 9.17) is 21.3 Å². The lowest BCUT2D eigenvalue weighted by atomic mass is 10.0. The molecule has 3 N–H and O–H groups in total. The number of hydrogen-bond acceptors (Lipinski definition) is 10. The summed E-state index contributed by atoms with van der Waals surface area (Å²) in [7, 11) is 2.11. The van der Waals surface area contributed by atoms with Gasteiger partial charge in [0.25, 0.3) is 5.91 Å². The number of aliphatic hydroxyl groups excluding tert-OH is 1. The number of ether oxygens (including phenoxy) is 1. The van der Waals surface area contributed by atoms with Crippen molar-refractivity contribution in [3.63, 3.8) is 0 Å². The number of carbonyl (C=O) groups excluding carboxylic acids is 2. The minimum atomic E-state index is -0.781. The molecule has 3 aromatic rings. The number of anilines is 2. The van der Waals surface area contributed by atoms with E-state index in [1.807, 2.05) is 24.3 Å². The van der Waals surface area contributed by atoms with E-state index in [2.05, 4.69) is 44.4 Å². The number of piperazine rings is 1. The Balaban J connectivity index is 1.13. The molecule has 6 rings (SSSR count). The van der Waals surface area contributed by atoms with Crippen molar-refractivity contribution < 1.29 is 19.4 Å². The van der Waals surface area contributed by atoms with Gasteiger partial charge in [-0.3, -0.25) is 9.59 Å². The van der Waals surface area contributed by atoms with Gasteiger partial charge in [0.15, 0.2) is 0 Å². The molecule has 3 aliphatic heterocycles. The van der Waals surface area contributed by atoms with E-state index in [9.17, 15) is 14.7 Å². The van der Waals surface area contributed by atoms with Crippen LogP contribution in [-0.4, -0.2) is 106 Å². The summed E-state index contributed by atoms with van der Waals surface area (Å²) in [6.45, 7) is 7.85. The van der Waals surface area contributed by atoms with Crippen molar-refractivity contribution in [3.8, 4) is 11.3 Å². The van der Waals surface area contributed by atoms with Crippen LogP contribution in [0, 0.1) is 0 Å². The van der Waals surface area contributed by atoms with E-state index < -0.39 is 12.1 Å². The molecule has 5 heterocycles. The highest BCUT2D eigenvalue weighted by molar-refractivity contribution is 6.33. The Labute approximate surface area is 274 Å². The number of aromatic nitrogens is 3. The number of halogens is 1. The van der Waals surface area contributed by atoms with E-state index in [0.717, 1.165) is 43.9 Å². The first-order valence-electron chi connectivity index (χ1n) is 15.9. The van der Waals surface area contributed by atoms with Crippen LogP contribution >= 0.6 is 11.6 Å². The Morgan fingerprint density at radius 3 is 2.74 bits per heavy atom. The van der Waals surface area contributed by atoms with Crippen LogP contribution in [0.2, 0.25) is 5.02 Å². The first-order valence-corrected chi connectivity index (χ1v) is 16.2. The van der Waals surface area contributed by atoms with Crippen molar-refractivity contribution in [1.29, 1.82) is 0 Å².